The van der Waals surface area contributed by atoms with Gasteiger partial charge in [-0.2, -0.15) is 0 Å². The molecule has 0 atom stereocenters. The Labute approximate surface area is 81.3 Å². The van der Waals surface area contributed by atoms with E-state index >= 15 is 0 Å². The standard InChI is InChI=1S/C7H16Cl2OSi/c1-2-3-4-5-6-11-10-7(8)9/h7H,2-6,11H2,1H3. The van der Waals surface area contributed by atoms with E-state index in [4.69, 9.17) is 27.6 Å². The monoisotopic (exact) mass is 214 g/mol. The second-order valence-electron chi connectivity index (χ2n) is 2.55. The van der Waals surface area contributed by atoms with Gasteiger partial charge in [-0.15, -0.1) is 0 Å². The third-order valence-corrected chi connectivity index (χ3v) is 3.52. The van der Waals surface area contributed by atoms with Gasteiger partial charge in [0.1, 0.15) is 0 Å². The van der Waals surface area contributed by atoms with Gasteiger partial charge >= 0.3 is 0 Å². The van der Waals surface area contributed by atoms with Crippen molar-refractivity contribution in [3.63, 3.8) is 0 Å². The molecule has 0 spiro atoms. The minimum Gasteiger partial charge on any atom is -0.397 e. The SMILES string of the molecule is CCCCCC[SiH2]OC(Cl)Cl. The summed E-state index contributed by atoms with van der Waals surface area (Å²) in [5.74, 6) is 0. The van der Waals surface area contributed by atoms with Gasteiger partial charge in [0.15, 0.2) is 14.8 Å². The zero-order valence-electron chi connectivity index (χ0n) is 6.98. The van der Waals surface area contributed by atoms with E-state index in [1.54, 1.807) is 0 Å². The molecule has 68 valence electrons. The molecular formula is C7H16Cl2OSi. The zero-order chi connectivity index (χ0) is 8.53. The smallest absolute Gasteiger partial charge is 0.197 e. The van der Waals surface area contributed by atoms with Crippen LogP contribution >= 0.6 is 23.2 Å². The summed E-state index contributed by atoms with van der Waals surface area (Å²) in [5, 5.41) is -0.590. The van der Waals surface area contributed by atoms with Gasteiger partial charge in [-0.05, 0) is 6.04 Å². The first kappa shape index (κ1) is 11.8. The van der Waals surface area contributed by atoms with Gasteiger partial charge in [-0.3, -0.25) is 0 Å². The Balaban J connectivity index is 2.80. The predicted octanol–water partition coefficient (Wildman–Crippen LogP) is 2.85. The molecule has 0 bridgehead atoms. The van der Waals surface area contributed by atoms with Crippen LogP contribution in [0.1, 0.15) is 32.6 Å². The molecule has 0 aromatic rings. The number of alkyl halides is 2. The Kier molecular flexibility index (Phi) is 9.46. The van der Waals surface area contributed by atoms with Crippen molar-refractivity contribution in [2.75, 3.05) is 0 Å². The second-order valence-corrected chi connectivity index (χ2v) is 5.01. The van der Waals surface area contributed by atoms with Gasteiger partial charge < -0.3 is 4.43 Å². The molecule has 0 radical (unpaired) electrons. The topological polar surface area (TPSA) is 9.23 Å². The lowest BCUT2D eigenvalue weighted by Gasteiger charge is -2.02. The van der Waals surface area contributed by atoms with Crippen molar-refractivity contribution in [2.45, 2.75) is 43.7 Å². The van der Waals surface area contributed by atoms with Gasteiger partial charge in [-0.1, -0.05) is 55.8 Å². The van der Waals surface area contributed by atoms with E-state index in [2.05, 4.69) is 6.92 Å². The quantitative estimate of drug-likeness (QED) is 0.360. The van der Waals surface area contributed by atoms with Crippen LogP contribution in [0.5, 0.6) is 0 Å². The van der Waals surface area contributed by atoms with Gasteiger partial charge in [0, 0.05) is 0 Å². The minimum absolute atomic E-state index is 0.428. The number of hydrogen-bond donors (Lipinski definition) is 0. The fourth-order valence-corrected chi connectivity index (χ4v) is 2.32. The molecule has 0 aliphatic rings. The summed E-state index contributed by atoms with van der Waals surface area (Å²) >= 11 is 10.8. The van der Waals surface area contributed by atoms with Gasteiger partial charge in [-0.25, -0.2) is 0 Å². The van der Waals surface area contributed by atoms with Crippen LogP contribution in [-0.2, 0) is 4.43 Å². The first-order valence-electron chi connectivity index (χ1n) is 4.17. The highest BCUT2D eigenvalue weighted by molar-refractivity contribution is 6.45. The summed E-state index contributed by atoms with van der Waals surface area (Å²) in [6.07, 6.45) is 5.22. The minimum atomic E-state index is -0.590. The Morgan fingerprint density at radius 2 is 2.00 bits per heavy atom. The third-order valence-electron chi connectivity index (χ3n) is 1.49. The maximum atomic E-state index is 5.40. The second kappa shape index (κ2) is 8.85. The molecule has 1 nitrogen and oxygen atoms in total. The average molecular weight is 215 g/mol. The molecule has 0 aliphatic carbocycles. The Morgan fingerprint density at radius 1 is 1.27 bits per heavy atom. The van der Waals surface area contributed by atoms with Crippen LogP contribution in [0.15, 0.2) is 0 Å². The predicted molar refractivity (Wildman–Crippen MR) is 54.1 cm³/mol. The molecule has 11 heavy (non-hydrogen) atoms. The molecule has 0 saturated heterocycles. The van der Waals surface area contributed by atoms with Crippen molar-refractivity contribution in [1.82, 2.24) is 0 Å². The van der Waals surface area contributed by atoms with Crippen molar-refractivity contribution < 1.29 is 4.43 Å². The van der Waals surface area contributed by atoms with E-state index in [9.17, 15) is 0 Å². The molecule has 0 rings (SSSR count). The highest BCUT2D eigenvalue weighted by Gasteiger charge is 1.96. The maximum Gasteiger partial charge on any atom is 0.197 e. The maximum absolute atomic E-state index is 5.40. The highest BCUT2D eigenvalue weighted by Crippen LogP contribution is 2.06. The number of halogens is 2. The summed E-state index contributed by atoms with van der Waals surface area (Å²) in [6, 6.07) is 1.20. The van der Waals surface area contributed by atoms with Crippen LogP contribution in [0.4, 0.5) is 0 Å². The fourth-order valence-electron chi connectivity index (χ4n) is 0.878. The first-order chi connectivity index (χ1) is 5.27. The molecular weight excluding hydrogens is 199 g/mol. The molecule has 0 aromatic heterocycles. The van der Waals surface area contributed by atoms with Crippen LogP contribution in [-0.4, -0.2) is 14.8 Å². The van der Waals surface area contributed by atoms with Gasteiger partial charge in [0.25, 0.3) is 0 Å². The summed E-state index contributed by atoms with van der Waals surface area (Å²) in [5.41, 5.74) is 0. The van der Waals surface area contributed by atoms with Gasteiger partial charge in [0.05, 0.1) is 0 Å². The van der Waals surface area contributed by atoms with Crippen LogP contribution in [0.2, 0.25) is 6.04 Å². The Bertz CT molecular complexity index is 80.8. The summed E-state index contributed by atoms with van der Waals surface area (Å²) in [6.45, 7) is 2.21. The van der Waals surface area contributed by atoms with Crippen molar-refractivity contribution >= 4 is 33.0 Å². The summed E-state index contributed by atoms with van der Waals surface area (Å²) in [4.78, 5) is 0. The Morgan fingerprint density at radius 3 is 2.55 bits per heavy atom. The van der Waals surface area contributed by atoms with Crippen molar-refractivity contribution in [3.05, 3.63) is 0 Å². The fraction of sp³-hybridized carbons (Fsp3) is 1.00. The van der Waals surface area contributed by atoms with E-state index < -0.39 is 14.8 Å². The van der Waals surface area contributed by atoms with Crippen molar-refractivity contribution in [2.24, 2.45) is 0 Å². The van der Waals surface area contributed by atoms with Crippen LogP contribution < -0.4 is 0 Å². The van der Waals surface area contributed by atoms with E-state index in [1.807, 2.05) is 0 Å². The van der Waals surface area contributed by atoms with Gasteiger partial charge in [0.2, 0.25) is 0 Å². The third kappa shape index (κ3) is 10.8. The van der Waals surface area contributed by atoms with E-state index in [1.165, 1.54) is 31.7 Å². The molecule has 0 unspecified atom stereocenters. The van der Waals surface area contributed by atoms with Crippen LogP contribution in [0.3, 0.4) is 0 Å². The number of hydrogen-bond acceptors (Lipinski definition) is 1. The van der Waals surface area contributed by atoms with Crippen molar-refractivity contribution in [3.8, 4) is 0 Å². The normalized spacial score (nSPS) is 12.0. The average Bonchev–Trinajstić information content (AvgIpc) is 1.96. The lowest BCUT2D eigenvalue weighted by Crippen LogP contribution is -2.01. The van der Waals surface area contributed by atoms with E-state index in [-0.39, 0.29) is 0 Å². The number of unbranched alkanes of at least 4 members (excludes halogenated alkanes) is 3. The molecule has 0 fully saturated rings. The number of rotatable bonds is 7. The first-order valence-corrected chi connectivity index (χ1v) is 6.62. The lowest BCUT2D eigenvalue weighted by molar-refractivity contribution is 0.374. The van der Waals surface area contributed by atoms with Crippen LogP contribution in [0, 0.1) is 0 Å². The van der Waals surface area contributed by atoms with Crippen molar-refractivity contribution in [1.29, 1.82) is 0 Å². The molecule has 0 aliphatic heterocycles. The summed E-state index contributed by atoms with van der Waals surface area (Å²) in [7, 11) is -0.428. The molecule has 0 saturated carbocycles. The molecule has 0 aromatic carbocycles. The Hall–Kier alpha value is 0.757. The van der Waals surface area contributed by atoms with E-state index in [0.717, 1.165) is 0 Å². The molecule has 0 heterocycles. The largest absolute Gasteiger partial charge is 0.397 e. The zero-order valence-corrected chi connectivity index (χ0v) is 9.91. The highest BCUT2D eigenvalue weighted by atomic mass is 35.5. The van der Waals surface area contributed by atoms with Crippen LogP contribution in [0.25, 0.3) is 0 Å². The summed E-state index contributed by atoms with van der Waals surface area (Å²) < 4.78 is 5.09. The molecule has 0 N–H and O–H groups in total. The molecule has 0 amide bonds. The van der Waals surface area contributed by atoms with E-state index in [0.29, 0.717) is 0 Å². The lowest BCUT2D eigenvalue weighted by atomic mass is 10.2. The molecule has 4 heteroatoms.